The Balaban J connectivity index is 1.75. The van der Waals surface area contributed by atoms with Gasteiger partial charge in [0.15, 0.2) is 11.4 Å². The Kier molecular flexibility index (Phi) is 6.22. The lowest BCUT2D eigenvalue weighted by molar-refractivity contribution is -0.643. The largest absolute Gasteiger partial charge is 0.213 e. The van der Waals surface area contributed by atoms with E-state index in [0.29, 0.717) is 0 Å². The number of rotatable bonds is 6. The Morgan fingerprint density at radius 1 is 0.500 bits per heavy atom. The van der Waals surface area contributed by atoms with Crippen LogP contribution in [-0.2, 0) is 0 Å². The maximum atomic E-state index is 5.25. The minimum atomic E-state index is -0.925. The van der Waals surface area contributed by atoms with Crippen LogP contribution in [0.4, 0.5) is 0 Å². The molecule has 1 aromatic heterocycles. The van der Waals surface area contributed by atoms with Gasteiger partial charge in [0.05, 0.1) is 0 Å². The molecule has 3 nitrogen and oxygen atoms in total. The SMILES string of the molecule is c1ccc(-c2c(P(c3ccccc3)c3ccccc3)[n+](-c3ccccc3)nn2-c2ccccc2)cc1. The van der Waals surface area contributed by atoms with Gasteiger partial charge in [-0.3, -0.25) is 0 Å². The van der Waals surface area contributed by atoms with Crippen molar-refractivity contribution in [3.63, 3.8) is 0 Å². The van der Waals surface area contributed by atoms with E-state index in [1.54, 1.807) is 0 Å². The highest BCUT2D eigenvalue weighted by atomic mass is 31.1. The summed E-state index contributed by atoms with van der Waals surface area (Å²) in [5.74, 6) is 0. The predicted octanol–water partition coefficient (Wildman–Crippen LogP) is 5.57. The molecule has 0 spiro atoms. The quantitative estimate of drug-likeness (QED) is 0.225. The van der Waals surface area contributed by atoms with Crippen molar-refractivity contribution in [1.82, 2.24) is 9.90 Å². The van der Waals surface area contributed by atoms with Crippen LogP contribution in [-0.4, -0.2) is 9.90 Å². The van der Waals surface area contributed by atoms with Gasteiger partial charge < -0.3 is 0 Å². The van der Waals surface area contributed by atoms with Crippen molar-refractivity contribution < 1.29 is 4.68 Å². The van der Waals surface area contributed by atoms with E-state index in [1.807, 2.05) is 12.1 Å². The van der Waals surface area contributed by atoms with E-state index in [0.717, 1.165) is 22.6 Å². The van der Waals surface area contributed by atoms with Crippen molar-refractivity contribution in [1.29, 1.82) is 0 Å². The van der Waals surface area contributed by atoms with Gasteiger partial charge in [0, 0.05) is 13.5 Å². The van der Waals surface area contributed by atoms with Crippen molar-refractivity contribution in [3.05, 3.63) is 152 Å². The second-order valence-corrected chi connectivity index (χ2v) is 10.6. The summed E-state index contributed by atoms with van der Waals surface area (Å²) in [6.07, 6.45) is 0. The van der Waals surface area contributed by atoms with Gasteiger partial charge in [-0.1, -0.05) is 137 Å². The molecular weight excluding hydrogens is 457 g/mol. The van der Waals surface area contributed by atoms with Gasteiger partial charge in [0.2, 0.25) is 11.1 Å². The number of para-hydroxylation sites is 2. The molecule has 0 saturated heterocycles. The first-order valence-corrected chi connectivity index (χ1v) is 13.4. The molecule has 0 saturated carbocycles. The summed E-state index contributed by atoms with van der Waals surface area (Å²) in [5.41, 5.74) is 5.49. The number of hydrogen-bond acceptors (Lipinski definition) is 1. The van der Waals surface area contributed by atoms with E-state index in [-0.39, 0.29) is 0 Å². The van der Waals surface area contributed by atoms with Gasteiger partial charge in [-0.25, -0.2) is 0 Å². The van der Waals surface area contributed by atoms with Crippen molar-refractivity contribution in [2.75, 3.05) is 0 Å². The van der Waals surface area contributed by atoms with Crippen molar-refractivity contribution >= 4 is 24.0 Å². The molecule has 0 atom stereocenters. The summed E-state index contributed by atoms with van der Waals surface area (Å²) in [6.45, 7) is 0. The fourth-order valence-corrected chi connectivity index (χ4v) is 6.97. The Labute approximate surface area is 212 Å². The summed E-state index contributed by atoms with van der Waals surface area (Å²) in [4.78, 5) is 0. The van der Waals surface area contributed by atoms with Gasteiger partial charge in [-0.15, -0.1) is 0 Å². The third kappa shape index (κ3) is 4.26. The Bertz CT molecular complexity index is 1510. The molecule has 0 radical (unpaired) electrons. The molecule has 6 rings (SSSR count). The highest BCUT2D eigenvalue weighted by molar-refractivity contribution is 7.79. The molecule has 0 aliphatic heterocycles. The van der Waals surface area contributed by atoms with Crippen LogP contribution in [0.2, 0.25) is 0 Å². The minimum absolute atomic E-state index is 0.925. The lowest BCUT2D eigenvalue weighted by Crippen LogP contribution is -2.49. The molecule has 5 aromatic carbocycles. The van der Waals surface area contributed by atoms with Crippen LogP contribution in [0.25, 0.3) is 22.6 Å². The van der Waals surface area contributed by atoms with Crippen LogP contribution in [0.3, 0.4) is 0 Å². The van der Waals surface area contributed by atoms with Crippen molar-refractivity contribution in [2.24, 2.45) is 0 Å². The Morgan fingerprint density at radius 2 is 0.944 bits per heavy atom. The van der Waals surface area contributed by atoms with Gasteiger partial charge >= 0.3 is 0 Å². The van der Waals surface area contributed by atoms with Crippen molar-refractivity contribution in [2.45, 2.75) is 0 Å². The van der Waals surface area contributed by atoms with E-state index in [2.05, 4.69) is 149 Å². The maximum absolute atomic E-state index is 5.25. The zero-order valence-electron chi connectivity index (χ0n) is 19.7. The lowest BCUT2D eigenvalue weighted by Gasteiger charge is -2.17. The first-order valence-electron chi connectivity index (χ1n) is 12.0. The summed E-state index contributed by atoms with van der Waals surface area (Å²) < 4.78 is 4.24. The van der Waals surface area contributed by atoms with Crippen LogP contribution >= 0.6 is 7.92 Å². The number of aromatic nitrogens is 3. The number of benzene rings is 5. The Morgan fingerprint density at radius 3 is 1.47 bits per heavy atom. The molecule has 6 aromatic rings. The van der Waals surface area contributed by atoms with Gasteiger partial charge in [0.1, 0.15) is 5.21 Å². The zero-order chi connectivity index (χ0) is 24.2. The fourth-order valence-electron chi connectivity index (χ4n) is 4.46. The highest BCUT2D eigenvalue weighted by Crippen LogP contribution is 2.36. The minimum Gasteiger partial charge on any atom is -0.0930 e. The average Bonchev–Trinajstić information content (AvgIpc) is 3.36. The molecule has 0 aliphatic carbocycles. The second-order valence-electron chi connectivity index (χ2n) is 8.43. The third-order valence-corrected chi connectivity index (χ3v) is 8.55. The van der Waals surface area contributed by atoms with E-state index in [4.69, 9.17) is 5.21 Å². The molecule has 0 bridgehead atoms. The summed E-state index contributed by atoms with van der Waals surface area (Å²) in [6, 6.07) is 53.1. The first-order chi connectivity index (χ1) is 17.9. The monoisotopic (exact) mass is 482 g/mol. The van der Waals surface area contributed by atoms with E-state index < -0.39 is 7.92 Å². The van der Waals surface area contributed by atoms with Crippen LogP contribution in [0, 0.1) is 0 Å². The normalized spacial score (nSPS) is 11.0. The van der Waals surface area contributed by atoms with E-state index in [1.165, 1.54) is 16.0 Å². The fraction of sp³-hybridized carbons (Fsp3) is 0. The van der Waals surface area contributed by atoms with Crippen molar-refractivity contribution in [3.8, 4) is 22.6 Å². The lowest BCUT2D eigenvalue weighted by atomic mass is 10.1. The second kappa shape index (κ2) is 10.1. The standard InChI is InChI=1S/C32H25N3P/c1-6-16-26(17-7-1)31-32(36(29-22-12-4-13-23-29)30-24-14-5-15-25-30)35(28-20-10-3-11-21-28)33-34(31)27-18-8-2-9-19-27/h1-25H/q+1. The number of nitrogens with zero attached hydrogens (tertiary/aromatic N) is 3. The molecule has 0 aliphatic rings. The van der Waals surface area contributed by atoms with Crippen LogP contribution in [0.15, 0.2) is 152 Å². The first kappa shape index (κ1) is 22.2. The molecule has 0 unspecified atom stereocenters. The summed E-state index contributed by atoms with van der Waals surface area (Å²) in [7, 11) is -0.925. The topological polar surface area (TPSA) is 21.7 Å². The van der Waals surface area contributed by atoms with Gasteiger partial charge in [-0.05, 0) is 34.9 Å². The van der Waals surface area contributed by atoms with Gasteiger partial charge in [0.25, 0.3) is 0 Å². The molecule has 172 valence electrons. The smallest absolute Gasteiger partial charge is 0.0930 e. The molecule has 0 fully saturated rings. The molecular formula is C32H25N3P+. The zero-order valence-corrected chi connectivity index (χ0v) is 20.6. The molecule has 1 heterocycles. The maximum Gasteiger partial charge on any atom is 0.213 e. The highest BCUT2D eigenvalue weighted by Gasteiger charge is 2.36. The van der Waals surface area contributed by atoms with Crippen LogP contribution < -0.4 is 20.7 Å². The van der Waals surface area contributed by atoms with Crippen LogP contribution in [0.5, 0.6) is 0 Å². The van der Waals surface area contributed by atoms with E-state index >= 15 is 0 Å². The average molecular weight is 483 g/mol. The number of hydrogen-bond donors (Lipinski definition) is 0. The third-order valence-electron chi connectivity index (χ3n) is 6.09. The summed E-state index contributed by atoms with van der Waals surface area (Å²) >= 11 is 0. The van der Waals surface area contributed by atoms with Gasteiger partial charge in [-0.2, -0.15) is 0 Å². The predicted molar refractivity (Wildman–Crippen MR) is 149 cm³/mol. The summed E-state index contributed by atoms with van der Waals surface area (Å²) in [5, 5.41) is 7.82. The molecule has 4 heteroatoms. The van der Waals surface area contributed by atoms with Crippen LogP contribution in [0.1, 0.15) is 0 Å². The Hall–Kier alpha value is -4.33. The van der Waals surface area contributed by atoms with E-state index in [9.17, 15) is 0 Å². The molecule has 36 heavy (non-hydrogen) atoms. The molecule has 0 amide bonds. The molecule has 0 N–H and O–H groups in total.